The topological polar surface area (TPSA) is 130 Å². The van der Waals surface area contributed by atoms with Crippen molar-refractivity contribution < 1.29 is 9.79 Å². The number of aliphatic hydroxyl groups is 1. The summed E-state index contributed by atoms with van der Waals surface area (Å²) in [6.07, 6.45) is 4.59. The van der Waals surface area contributed by atoms with Crippen LogP contribution in [-0.4, -0.2) is 49.7 Å². The Balaban J connectivity index is 1.67. The molecule has 0 unspecified atom stereocenters. The fourth-order valence-corrected chi connectivity index (χ4v) is 3.37. The molecule has 0 bridgehead atoms. The molecule has 0 radical (unpaired) electrons. The summed E-state index contributed by atoms with van der Waals surface area (Å²) in [4.78, 5) is 17.4. The lowest BCUT2D eigenvalue weighted by atomic mass is 10.2. The third-order valence-corrected chi connectivity index (χ3v) is 4.73. The number of hydrogen-bond donors (Lipinski definition) is 3. The molecule has 0 aliphatic heterocycles. The summed E-state index contributed by atoms with van der Waals surface area (Å²) < 4.78 is 2.96. The molecule has 4 N–H and O–H groups in total. The van der Waals surface area contributed by atoms with Gasteiger partial charge in [0.15, 0.2) is 5.69 Å². The van der Waals surface area contributed by atoms with E-state index in [9.17, 15) is 0 Å². The second-order valence-electron chi connectivity index (χ2n) is 5.74. The largest absolute Gasteiger partial charge is 0.404 e. The minimum absolute atomic E-state index is 0.0229. The number of hydrogen-bond acceptors (Lipinski definition) is 8. The van der Waals surface area contributed by atoms with Crippen molar-refractivity contribution in [3.63, 3.8) is 0 Å². The van der Waals surface area contributed by atoms with Crippen LogP contribution >= 0.6 is 11.3 Å². The van der Waals surface area contributed by atoms with Gasteiger partial charge in [-0.05, 0) is 17.7 Å². The van der Waals surface area contributed by atoms with E-state index in [0.717, 1.165) is 15.8 Å². The third-order valence-electron chi connectivity index (χ3n) is 3.94. The van der Waals surface area contributed by atoms with Crippen molar-refractivity contribution in [1.29, 1.82) is 0 Å². The number of nitrogens with two attached hydrogens (primary N) is 1. The van der Waals surface area contributed by atoms with E-state index in [0.29, 0.717) is 35.7 Å². The van der Waals surface area contributed by atoms with Crippen molar-refractivity contribution in [3.05, 3.63) is 47.4 Å². The van der Waals surface area contributed by atoms with Crippen LogP contribution in [-0.2, 0) is 6.54 Å². The van der Waals surface area contributed by atoms with Gasteiger partial charge in [0.25, 0.3) is 0 Å². The number of rotatable bonds is 6. The van der Waals surface area contributed by atoms with Crippen LogP contribution < -0.4 is 10.4 Å². The maximum absolute atomic E-state index is 8.85. The first-order chi connectivity index (χ1) is 13.3. The number of aromatic amines is 1. The molecule has 0 aliphatic carbocycles. The molecule has 0 fully saturated rings. The Hall–Kier alpha value is -3.24. The van der Waals surface area contributed by atoms with Gasteiger partial charge >= 0.3 is 11.3 Å². The minimum atomic E-state index is -0.0229. The van der Waals surface area contributed by atoms with E-state index < -0.39 is 0 Å². The average Bonchev–Trinajstić information content (AvgIpc) is 3.32. The molecule has 27 heavy (non-hydrogen) atoms. The Bertz CT molecular complexity index is 1150. The van der Waals surface area contributed by atoms with Gasteiger partial charge in [-0.25, -0.2) is 9.97 Å². The van der Waals surface area contributed by atoms with E-state index in [1.165, 1.54) is 6.20 Å². The Morgan fingerprint density at radius 2 is 2.30 bits per heavy atom. The first-order valence-electron chi connectivity index (χ1n) is 8.24. The van der Waals surface area contributed by atoms with Crippen LogP contribution in [0.25, 0.3) is 27.1 Å². The normalized spacial score (nSPS) is 12.6. The average molecular weight is 381 g/mol. The van der Waals surface area contributed by atoms with Gasteiger partial charge in [-0.15, -0.1) is 16.6 Å². The standard InChI is InChI=1S/C17H16N8OS/c18-6-12(7-19-3-4-26)14-8-20-16-17(22-14)25(24-23-16)9-11-1-2-13-15(5-11)27-10-21-13/h1-2,5-8,10,26H,3-4,9H2,(H2,18,19,22,24)/p+1. The lowest BCUT2D eigenvalue weighted by Gasteiger charge is -1.99. The molecule has 4 aromatic rings. The van der Waals surface area contributed by atoms with Crippen molar-refractivity contribution in [2.75, 3.05) is 13.2 Å². The number of allylic oxidation sites excluding steroid dienone is 1. The van der Waals surface area contributed by atoms with Gasteiger partial charge in [0.1, 0.15) is 6.54 Å². The molecule has 0 aliphatic rings. The molecule has 0 saturated carbocycles. The van der Waals surface area contributed by atoms with Crippen LogP contribution in [0.4, 0.5) is 0 Å². The van der Waals surface area contributed by atoms with Crippen LogP contribution in [0.3, 0.4) is 0 Å². The summed E-state index contributed by atoms with van der Waals surface area (Å²) >= 11 is 1.61. The Morgan fingerprint density at radius 1 is 1.37 bits per heavy atom. The highest BCUT2D eigenvalue weighted by Crippen LogP contribution is 2.19. The first-order valence-corrected chi connectivity index (χ1v) is 9.12. The van der Waals surface area contributed by atoms with Crippen LogP contribution in [0.2, 0.25) is 0 Å². The van der Waals surface area contributed by atoms with Crippen LogP contribution in [0.1, 0.15) is 11.3 Å². The number of aliphatic hydroxyl groups excluding tert-OH is 1. The van der Waals surface area contributed by atoms with Crippen molar-refractivity contribution in [3.8, 4) is 0 Å². The van der Waals surface area contributed by atoms with E-state index in [1.54, 1.807) is 23.7 Å². The predicted octanol–water partition coefficient (Wildman–Crippen LogP) is 0.661. The zero-order valence-electron chi connectivity index (χ0n) is 14.3. The molecule has 1 aromatic carbocycles. The van der Waals surface area contributed by atoms with Gasteiger partial charge in [0.05, 0.1) is 40.6 Å². The smallest absolute Gasteiger partial charge is 0.346 e. The number of nitrogens with zero attached hydrogens (tertiary/aromatic N) is 6. The number of H-pyrrole nitrogens is 1. The molecule has 4 rings (SSSR count). The number of benzene rings is 1. The number of nitrogens with one attached hydrogen (secondary N) is 1. The molecule has 9 nitrogen and oxygen atoms in total. The summed E-state index contributed by atoms with van der Waals surface area (Å²) in [6, 6.07) is 6.15. The maximum atomic E-state index is 8.85. The zero-order valence-corrected chi connectivity index (χ0v) is 15.1. The number of aliphatic imine (C=N–C) groups is 1. The quantitative estimate of drug-likeness (QED) is 0.332. The summed E-state index contributed by atoms with van der Waals surface area (Å²) in [5, 5.41) is 16.0. The Kier molecular flexibility index (Phi) is 4.81. The second-order valence-corrected chi connectivity index (χ2v) is 6.62. The molecule has 0 atom stereocenters. The molecule has 10 heteroatoms. The van der Waals surface area contributed by atoms with E-state index in [2.05, 4.69) is 36.3 Å². The van der Waals surface area contributed by atoms with Gasteiger partial charge < -0.3 is 10.8 Å². The van der Waals surface area contributed by atoms with E-state index >= 15 is 0 Å². The number of fused-ring (bicyclic) bond motifs is 2. The van der Waals surface area contributed by atoms with E-state index in [1.807, 2.05) is 22.3 Å². The van der Waals surface area contributed by atoms with Crippen LogP contribution in [0, 0.1) is 0 Å². The van der Waals surface area contributed by atoms with E-state index in [4.69, 9.17) is 10.8 Å². The zero-order chi connectivity index (χ0) is 18.6. The summed E-state index contributed by atoms with van der Waals surface area (Å²) in [6.45, 7) is 0.854. The number of aromatic nitrogens is 6. The van der Waals surface area contributed by atoms with Crippen molar-refractivity contribution in [2.24, 2.45) is 10.7 Å². The van der Waals surface area contributed by atoms with Gasteiger partial charge in [-0.3, -0.25) is 4.99 Å². The van der Waals surface area contributed by atoms with Crippen molar-refractivity contribution >= 4 is 44.6 Å². The molecule has 0 amide bonds. The lowest BCUT2D eigenvalue weighted by Crippen LogP contribution is -2.37. The Labute approximate surface area is 157 Å². The lowest BCUT2D eigenvalue weighted by molar-refractivity contribution is -0.724. The van der Waals surface area contributed by atoms with Gasteiger partial charge in [-0.1, -0.05) is 11.1 Å². The predicted molar refractivity (Wildman–Crippen MR) is 103 cm³/mol. The fraction of sp³-hybridized carbons (Fsp3) is 0.176. The molecule has 0 saturated heterocycles. The van der Waals surface area contributed by atoms with Crippen molar-refractivity contribution in [1.82, 2.24) is 25.3 Å². The second kappa shape index (κ2) is 7.56. The van der Waals surface area contributed by atoms with Crippen LogP contribution in [0.5, 0.6) is 0 Å². The van der Waals surface area contributed by atoms with Crippen molar-refractivity contribution in [2.45, 2.75) is 6.54 Å². The molecule has 136 valence electrons. The van der Waals surface area contributed by atoms with Gasteiger partial charge in [-0.2, -0.15) is 4.68 Å². The third kappa shape index (κ3) is 3.52. The highest BCUT2D eigenvalue weighted by Gasteiger charge is 2.18. The van der Waals surface area contributed by atoms with E-state index in [-0.39, 0.29) is 6.61 Å². The molecule has 0 spiro atoms. The summed E-state index contributed by atoms with van der Waals surface area (Å²) in [5.41, 5.74) is 12.0. The Morgan fingerprint density at radius 3 is 3.15 bits per heavy atom. The SMILES string of the molecule is NC=C(C=NCCO)c1cnc2n[nH][n+](Cc3ccc4ncsc4c3)c2n1. The number of thiazole rings is 1. The molecular formula is C17H17N8OS+. The molecular weight excluding hydrogens is 364 g/mol. The monoisotopic (exact) mass is 381 g/mol. The maximum Gasteiger partial charge on any atom is 0.346 e. The minimum Gasteiger partial charge on any atom is -0.404 e. The van der Waals surface area contributed by atoms with Gasteiger partial charge in [0, 0.05) is 17.5 Å². The highest BCUT2D eigenvalue weighted by molar-refractivity contribution is 7.16. The highest BCUT2D eigenvalue weighted by atomic mass is 32.1. The summed E-state index contributed by atoms with van der Waals surface area (Å²) in [7, 11) is 0. The summed E-state index contributed by atoms with van der Waals surface area (Å²) in [5.74, 6) is 0. The van der Waals surface area contributed by atoms with Gasteiger partial charge in [0.2, 0.25) is 0 Å². The first kappa shape index (κ1) is 17.2. The fourth-order valence-electron chi connectivity index (χ4n) is 2.63. The van der Waals surface area contributed by atoms with Crippen LogP contribution in [0.15, 0.2) is 41.1 Å². The molecule has 3 heterocycles. The molecule has 3 aromatic heterocycles.